The van der Waals surface area contributed by atoms with E-state index in [1.54, 1.807) is 0 Å². The molecule has 0 amide bonds. The van der Waals surface area contributed by atoms with Gasteiger partial charge in [-0.15, -0.1) is 0 Å². The van der Waals surface area contributed by atoms with E-state index in [9.17, 15) is 5.11 Å². The molecule has 0 aliphatic rings. The van der Waals surface area contributed by atoms with Crippen molar-refractivity contribution in [2.75, 3.05) is 20.6 Å². The molecule has 0 aromatic heterocycles. The topological polar surface area (TPSA) is 32.3 Å². The van der Waals surface area contributed by atoms with Gasteiger partial charge in [0, 0.05) is 19.9 Å². The van der Waals surface area contributed by atoms with Gasteiger partial charge in [-0.3, -0.25) is 9.80 Å². The molecule has 166 valence electrons. The fourth-order valence-corrected chi connectivity index (χ4v) is 3.70. The van der Waals surface area contributed by atoms with Gasteiger partial charge in [0.05, 0.1) is 14.1 Å². The molecule has 0 spiro atoms. The van der Waals surface area contributed by atoms with Gasteiger partial charge in [0.2, 0.25) is 0 Å². The van der Waals surface area contributed by atoms with Gasteiger partial charge in [-0.1, -0.05) is 97.3 Å². The minimum absolute atomic E-state index is 0. The number of nitrogens with zero attached hydrogens (tertiary/aromatic N) is 1. The van der Waals surface area contributed by atoms with E-state index in [-0.39, 0.29) is 18.6 Å². The highest BCUT2D eigenvalue weighted by Crippen LogP contribution is 2.14. The molecule has 0 heterocycles. The normalized spacial score (nSPS) is 14.0. The van der Waals surface area contributed by atoms with Gasteiger partial charge in [0.15, 0.2) is 6.23 Å². The summed E-state index contributed by atoms with van der Waals surface area (Å²) >= 11 is 0. The van der Waals surface area contributed by atoms with E-state index in [2.05, 4.69) is 33.3 Å². The van der Waals surface area contributed by atoms with Crippen molar-refractivity contribution in [3.05, 3.63) is 0 Å². The Morgan fingerprint density at radius 2 is 1.07 bits per heavy atom. The highest BCUT2D eigenvalue weighted by atomic mass is 35.5. The molecule has 0 aromatic carbocycles. The second-order valence-electron chi connectivity index (χ2n) is 8.74. The summed E-state index contributed by atoms with van der Waals surface area (Å²) in [5.74, 6) is 0. The zero-order valence-corrected chi connectivity index (χ0v) is 20.0. The molecule has 0 saturated heterocycles. The Morgan fingerprint density at radius 1 is 0.704 bits per heavy atom. The van der Waals surface area contributed by atoms with Crippen molar-refractivity contribution < 1.29 is 22.0 Å². The maximum Gasteiger partial charge on any atom is 0.188 e. The molecule has 0 fully saturated rings. The average molecular weight is 407 g/mol. The summed E-state index contributed by atoms with van der Waals surface area (Å²) in [7, 11) is 4.22. The van der Waals surface area contributed by atoms with Crippen LogP contribution in [0.5, 0.6) is 0 Å². The third-order valence-corrected chi connectivity index (χ3v) is 6.06. The van der Waals surface area contributed by atoms with Crippen LogP contribution in [-0.4, -0.2) is 42.6 Å². The summed E-state index contributed by atoms with van der Waals surface area (Å²) < 4.78 is 0.634. The predicted octanol–water partition coefficient (Wildman–Crippen LogP) is 3.21. The second kappa shape index (κ2) is 19.5. The van der Waals surface area contributed by atoms with Crippen LogP contribution in [0.3, 0.4) is 0 Å². The van der Waals surface area contributed by atoms with Gasteiger partial charge >= 0.3 is 0 Å². The van der Waals surface area contributed by atoms with Gasteiger partial charge in [0.25, 0.3) is 0 Å². The standard InChI is InChI=1S/C23H51N2O.ClH/c1-6-8-9-10-11-12-13-14-15-16-17-18-19-20-21-24-23(7-2)25(4,5)22(3)26;/h22-24,26H,6-21H2,1-5H3;1H/q+1;/p-1. The van der Waals surface area contributed by atoms with Crippen molar-refractivity contribution >= 4 is 0 Å². The van der Waals surface area contributed by atoms with Crippen LogP contribution in [0, 0.1) is 0 Å². The zero-order valence-electron chi connectivity index (χ0n) is 19.2. The minimum Gasteiger partial charge on any atom is -1.00 e. The van der Waals surface area contributed by atoms with Crippen LogP contribution in [0.15, 0.2) is 0 Å². The lowest BCUT2D eigenvalue weighted by molar-refractivity contribution is -0.960. The molecule has 2 unspecified atom stereocenters. The summed E-state index contributed by atoms with van der Waals surface area (Å²) in [6, 6.07) is 0. The molecule has 0 aliphatic carbocycles. The van der Waals surface area contributed by atoms with E-state index in [1.807, 2.05) is 6.92 Å². The fraction of sp³-hybridized carbons (Fsp3) is 1.00. The fourth-order valence-electron chi connectivity index (χ4n) is 3.70. The number of halogens is 1. The van der Waals surface area contributed by atoms with Crippen LogP contribution in [0.2, 0.25) is 0 Å². The first-order valence-electron chi connectivity index (χ1n) is 11.7. The number of aliphatic hydroxyl groups is 1. The SMILES string of the molecule is CCCCCCCCCCCCCCCCNC(CC)[N+](C)(C)C(C)O.[Cl-]. The molecule has 4 heteroatoms. The number of hydrogen-bond acceptors (Lipinski definition) is 2. The van der Waals surface area contributed by atoms with E-state index in [1.165, 1.54) is 89.9 Å². The summed E-state index contributed by atoms with van der Waals surface area (Å²) in [5.41, 5.74) is 0. The first-order chi connectivity index (χ1) is 12.5. The molecular weight excluding hydrogens is 356 g/mol. The molecule has 0 bridgehead atoms. The molecule has 0 saturated carbocycles. The van der Waals surface area contributed by atoms with Crippen LogP contribution in [0.25, 0.3) is 0 Å². The van der Waals surface area contributed by atoms with E-state index in [0.29, 0.717) is 10.6 Å². The van der Waals surface area contributed by atoms with E-state index in [4.69, 9.17) is 0 Å². The van der Waals surface area contributed by atoms with Crippen molar-refractivity contribution in [3.8, 4) is 0 Å². The summed E-state index contributed by atoms with van der Waals surface area (Å²) in [4.78, 5) is 0. The monoisotopic (exact) mass is 406 g/mol. The van der Waals surface area contributed by atoms with E-state index in [0.717, 1.165) is 13.0 Å². The third kappa shape index (κ3) is 15.7. The highest BCUT2D eigenvalue weighted by Gasteiger charge is 2.30. The van der Waals surface area contributed by atoms with Crippen LogP contribution in [0.4, 0.5) is 0 Å². The Hall–Kier alpha value is 0.170. The van der Waals surface area contributed by atoms with Gasteiger partial charge < -0.3 is 17.5 Å². The minimum atomic E-state index is -0.330. The van der Waals surface area contributed by atoms with Gasteiger partial charge in [0.1, 0.15) is 6.17 Å². The lowest BCUT2D eigenvalue weighted by atomic mass is 10.0. The average Bonchev–Trinajstić information content (AvgIpc) is 2.61. The largest absolute Gasteiger partial charge is 1.00 e. The van der Waals surface area contributed by atoms with Crippen molar-refractivity contribution in [1.82, 2.24) is 5.32 Å². The van der Waals surface area contributed by atoms with Crippen molar-refractivity contribution in [2.24, 2.45) is 0 Å². The smallest absolute Gasteiger partial charge is 0.188 e. The third-order valence-electron chi connectivity index (χ3n) is 6.06. The Kier molecular flexibility index (Phi) is 21.2. The number of nitrogens with one attached hydrogen (secondary N) is 1. The molecule has 0 aliphatic heterocycles. The van der Waals surface area contributed by atoms with Gasteiger partial charge in [-0.2, -0.15) is 0 Å². The Morgan fingerprint density at radius 3 is 1.41 bits per heavy atom. The zero-order chi connectivity index (χ0) is 19.7. The molecule has 0 radical (unpaired) electrons. The predicted molar refractivity (Wildman–Crippen MR) is 116 cm³/mol. The summed E-state index contributed by atoms with van der Waals surface area (Å²) in [6.07, 6.45) is 20.8. The van der Waals surface area contributed by atoms with Crippen molar-refractivity contribution in [1.29, 1.82) is 0 Å². The number of hydrogen-bond donors (Lipinski definition) is 2. The highest BCUT2D eigenvalue weighted by molar-refractivity contribution is 4.56. The molecule has 0 aromatic rings. The van der Waals surface area contributed by atoms with E-state index < -0.39 is 0 Å². The molecular formula is C23H51ClN2O. The number of rotatable bonds is 19. The Balaban J connectivity index is 0. The summed E-state index contributed by atoms with van der Waals surface area (Å²) in [6.45, 7) is 7.45. The van der Waals surface area contributed by atoms with E-state index >= 15 is 0 Å². The maximum absolute atomic E-state index is 9.94. The first kappa shape index (κ1) is 29.4. The van der Waals surface area contributed by atoms with Crippen molar-refractivity contribution in [2.45, 2.75) is 129 Å². The number of aliphatic hydroxyl groups excluding tert-OH is 1. The van der Waals surface area contributed by atoms with Crippen molar-refractivity contribution in [3.63, 3.8) is 0 Å². The first-order valence-corrected chi connectivity index (χ1v) is 11.7. The van der Waals surface area contributed by atoms with Crippen LogP contribution in [0.1, 0.15) is 117 Å². The molecule has 2 atom stereocenters. The number of unbranched alkanes of at least 4 members (excludes halogenated alkanes) is 13. The maximum atomic E-state index is 9.94. The van der Waals surface area contributed by atoms with Gasteiger partial charge in [-0.25, -0.2) is 0 Å². The van der Waals surface area contributed by atoms with Gasteiger partial charge in [-0.05, 0) is 6.42 Å². The Bertz CT molecular complexity index is 298. The summed E-state index contributed by atoms with van der Waals surface area (Å²) in [5, 5.41) is 13.6. The lowest BCUT2D eigenvalue weighted by Gasteiger charge is -2.40. The molecule has 27 heavy (non-hydrogen) atoms. The Labute approximate surface area is 177 Å². The van der Waals surface area contributed by atoms with Crippen LogP contribution < -0.4 is 17.7 Å². The lowest BCUT2D eigenvalue weighted by Crippen LogP contribution is -3.00. The van der Waals surface area contributed by atoms with Crippen LogP contribution >= 0.6 is 0 Å². The quantitative estimate of drug-likeness (QED) is 0.196. The second-order valence-corrected chi connectivity index (χ2v) is 8.74. The molecule has 2 N–H and O–H groups in total. The van der Waals surface area contributed by atoms with Crippen LogP contribution in [-0.2, 0) is 0 Å². The number of quaternary nitrogens is 1. The molecule has 0 rings (SSSR count). The molecule has 3 nitrogen and oxygen atoms in total.